The van der Waals surface area contributed by atoms with Crippen LogP contribution in [-0.2, 0) is 9.59 Å². The standard InChI is InChI=1S/C28H24N12O2/c1-15-11-23(41)35-37-25(15)17-3-7-19(8-4-17)33-34-22(14-30)28-32-27(31)21(13-29)39-40(28)20-9-5-18(6-10-20)26-16(2)12-24(42)36-38-26/h3-10,15-16,31,33H,11-12H2,1-2H3,(H,35,41)(H,36,42)/t15-,16-/m1/s1. The summed E-state index contributed by atoms with van der Waals surface area (Å²) in [4.78, 5) is 27.3. The van der Waals surface area contributed by atoms with Gasteiger partial charge in [0.05, 0.1) is 22.8 Å². The average Bonchev–Trinajstić information content (AvgIpc) is 2.98. The fraction of sp³-hybridized carbons (Fsp3) is 0.214. The summed E-state index contributed by atoms with van der Waals surface area (Å²) >= 11 is 0. The molecule has 14 nitrogen and oxygen atoms in total. The van der Waals surface area contributed by atoms with Gasteiger partial charge in [-0.3, -0.25) is 20.4 Å². The molecule has 2 aliphatic heterocycles. The van der Waals surface area contributed by atoms with E-state index >= 15 is 0 Å². The molecule has 0 aliphatic carbocycles. The molecule has 2 atom stereocenters. The number of carbonyl (C=O) groups is 2. The number of hydrogen-bond acceptors (Lipinski definition) is 11. The molecule has 5 rings (SSSR count). The third-order valence-electron chi connectivity index (χ3n) is 6.67. The lowest BCUT2D eigenvalue weighted by Gasteiger charge is -2.19. The Kier molecular flexibility index (Phi) is 7.61. The number of hydrogen-bond donors (Lipinski definition) is 4. The molecule has 14 heteroatoms. The Morgan fingerprint density at radius 3 is 2.00 bits per heavy atom. The second-order valence-corrected chi connectivity index (χ2v) is 9.74. The van der Waals surface area contributed by atoms with Crippen LogP contribution >= 0.6 is 0 Å². The highest BCUT2D eigenvalue weighted by atomic mass is 16.2. The van der Waals surface area contributed by atoms with E-state index in [0.29, 0.717) is 24.2 Å². The number of nitrogens with zero attached hydrogens (tertiary/aromatic N) is 8. The fourth-order valence-corrected chi connectivity index (χ4v) is 4.55. The van der Waals surface area contributed by atoms with Crippen LogP contribution < -0.4 is 21.8 Å². The van der Waals surface area contributed by atoms with Crippen molar-refractivity contribution in [2.45, 2.75) is 26.7 Å². The molecule has 4 N–H and O–H groups in total. The molecule has 1 aromatic heterocycles. The number of carbonyl (C=O) groups excluding carboxylic acids is 2. The molecule has 0 spiro atoms. The van der Waals surface area contributed by atoms with Crippen molar-refractivity contribution in [1.82, 2.24) is 25.6 Å². The molecule has 0 unspecified atom stereocenters. The zero-order valence-electron chi connectivity index (χ0n) is 22.6. The summed E-state index contributed by atoms with van der Waals surface area (Å²) < 4.78 is 1.28. The Labute approximate surface area is 239 Å². The van der Waals surface area contributed by atoms with E-state index in [-0.39, 0.29) is 40.9 Å². The van der Waals surface area contributed by atoms with E-state index in [4.69, 9.17) is 5.41 Å². The van der Waals surface area contributed by atoms with Crippen LogP contribution in [0.3, 0.4) is 0 Å². The monoisotopic (exact) mass is 560 g/mol. The molecule has 3 aromatic rings. The smallest absolute Gasteiger partial charge is 0.240 e. The van der Waals surface area contributed by atoms with Crippen molar-refractivity contribution >= 4 is 34.6 Å². The third kappa shape index (κ3) is 5.64. The summed E-state index contributed by atoms with van der Waals surface area (Å²) in [6, 6.07) is 18.0. The summed E-state index contributed by atoms with van der Waals surface area (Å²) in [5, 5.41) is 44.3. The first-order chi connectivity index (χ1) is 20.3. The first-order valence-corrected chi connectivity index (χ1v) is 12.9. The highest BCUT2D eigenvalue weighted by molar-refractivity contribution is 6.10. The maximum absolute atomic E-state index is 11.6. The van der Waals surface area contributed by atoms with Crippen LogP contribution in [0.5, 0.6) is 0 Å². The molecule has 208 valence electrons. The highest BCUT2D eigenvalue weighted by Gasteiger charge is 2.23. The molecule has 0 saturated heterocycles. The van der Waals surface area contributed by atoms with Crippen LogP contribution in [-0.4, -0.2) is 43.7 Å². The van der Waals surface area contributed by atoms with E-state index in [1.807, 2.05) is 38.1 Å². The van der Waals surface area contributed by atoms with Crippen molar-refractivity contribution in [3.63, 3.8) is 0 Å². The van der Waals surface area contributed by atoms with Crippen LogP contribution in [0.4, 0.5) is 5.69 Å². The zero-order valence-corrected chi connectivity index (χ0v) is 22.6. The van der Waals surface area contributed by atoms with Gasteiger partial charge in [-0.15, -0.1) is 0 Å². The van der Waals surface area contributed by atoms with Crippen LogP contribution in [0.25, 0.3) is 5.69 Å². The minimum absolute atomic E-state index is 0.0285. The summed E-state index contributed by atoms with van der Waals surface area (Å²) in [6.07, 6.45) is 0.679. The molecule has 2 aliphatic rings. The Morgan fingerprint density at radius 1 is 0.952 bits per heavy atom. The van der Waals surface area contributed by atoms with Gasteiger partial charge in [-0.25, -0.2) is 20.5 Å². The third-order valence-corrected chi connectivity index (χ3v) is 6.67. The quantitative estimate of drug-likeness (QED) is 0.258. The highest BCUT2D eigenvalue weighted by Crippen LogP contribution is 2.20. The lowest BCUT2D eigenvalue weighted by Crippen LogP contribution is -2.32. The average molecular weight is 561 g/mol. The SMILES string of the molecule is C[C@@H]1CC(=O)NN=C1c1ccc(NN=C(C#N)c2nc(=N)c(C#N)nn2-c2ccc(C3=NNC(=O)C[C@H]3C)cc2)cc1. The van der Waals surface area contributed by atoms with Gasteiger partial charge in [0.25, 0.3) is 0 Å². The van der Waals surface area contributed by atoms with Gasteiger partial charge in [-0.1, -0.05) is 38.1 Å². The van der Waals surface area contributed by atoms with Crippen molar-refractivity contribution < 1.29 is 9.59 Å². The molecule has 0 radical (unpaired) electrons. The molecule has 2 amide bonds. The van der Waals surface area contributed by atoms with Crippen molar-refractivity contribution in [3.8, 4) is 17.8 Å². The second-order valence-electron chi connectivity index (χ2n) is 9.74. The van der Waals surface area contributed by atoms with E-state index in [0.717, 1.165) is 22.6 Å². The molecular weight excluding hydrogens is 536 g/mol. The summed E-state index contributed by atoms with van der Waals surface area (Å²) in [6.45, 7) is 3.84. The van der Waals surface area contributed by atoms with Gasteiger partial charge in [-0.05, 0) is 35.4 Å². The zero-order chi connectivity index (χ0) is 29.8. The van der Waals surface area contributed by atoms with Crippen LogP contribution in [0.1, 0.15) is 49.3 Å². The van der Waals surface area contributed by atoms with E-state index in [1.165, 1.54) is 4.68 Å². The van der Waals surface area contributed by atoms with Crippen molar-refractivity contribution in [2.24, 2.45) is 27.1 Å². The molecule has 3 heterocycles. The molecule has 0 fully saturated rings. The van der Waals surface area contributed by atoms with E-state index in [1.54, 1.807) is 36.4 Å². The number of nitrogens with one attached hydrogen (secondary N) is 4. The van der Waals surface area contributed by atoms with Crippen molar-refractivity contribution in [1.29, 1.82) is 15.9 Å². The fourth-order valence-electron chi connectivity index (χ4n) is 4.55. The maximum Gasteiger partial charge on any atom is 0.240 e. The predicted molar refractivity (Wildman–Crippen MR) is 151 cm³/mol. The number of anilines is 1. The molecule has 42 heavy (non-hydrogen) atoms. The van der Waals surface area contributed by atoms with E-state index < -0.39 is 5.49 Å². The van der Waals surface area contributed by atoms with Crippen molar-refractivity contribution in [3.05, 3.63) is 76.7 Å². The summed E-state index contributed by atoms with van der Waals surface area (Å²) in [5.41, 5.74) is 11.2. The predicted octanol–water partition coefficient (Wildman–Crippen LogP) is 1.68. The second kappa shape index (κ2) is 11.6. The minimum Gasteiger partial charge on any atom is -0.280 e. The molecule has 0 saturated carbocycles. The molecule has 2 aromatic carbocycles. The maximum atomic E-state index is 11.6. The van der Waals surface area contributed by atoms with Crippen molar-refractivity contribution in [2.75, 3.05) is 5.43 Å². The number of hydrazone groups is 3. The number of aromatic nitrogens is 3. The van der Waals surface area contributed by atoms with Gasteiger partial charge in [0, 0.05) is 24.7 Å². The van der Waals surface area contributed by atoms with E-state index in [2.05, 4.69) is 41.7 Å². The van der Waals surface area contributed by atoms with Gasteiger partial charge in [0.1, 0.15) is 12.1 Å². The summed E-state index contributed by atoms with van der Waals surface area (Å²) in [7, 11) is 0. The Bertz CT molecular complexity index is 1810. The number of benzene rings is 2. The number of rotatable bonds is 6. The topological polar surface area (TPSA) is 209 Å². The number of nitriles is 2. The lowest BCUT2D eigenvalue weighted by atomic mass is 9.94. The lowest BCUT2D eigenvalue weighted by molar-refractivity contribution is -0.122. The van der Waals surface area contributed by atoms with Crippen LogP contribution in [0, 0.1) is 39.9 Å². The van der Waals surface area contributed by atoms with Crippen LogP contribution in [0.15, 0.2) is 63.8 Å². The summed E-state index contributed by atoms with van der Waals surface area (Å²) in [5.74, 6) is -0.415. The minimum atomic E-state index is -0.400. The van der Waals surface area contributed by atoms with Gasteiger partial charge in [-0.2, -0.15) is 30.9 Å². The van der Waals surface area contributed by atoms with Gasteiger partial charge >= 0.3 is 0 Å². The Morgan fingerprint density at radius 2 is 1.50 bits per heavy atom. The molecule has 0 bridgehead atoms. The van der Waals surface area contributed by atoms with E-state index in [9.17, 15) is 20.1 Å². The van der Waals surface area contributed by atoms with Gasteiger partial charge in [0.15, 0.2) is 11.3 Å². The number of amides is 2. The Balaban J connectivity index is 1.44. The van der Waals surface area contributed by atoms with Gasteiger partial charge in [0.2, 0.25) is 23.2 Å². The Hall–Kier alpha value is -6.02. The first-order valence-electron chi connectivity index (χ1n) is 12.9. The van der Waals surface area contributed by atoms with Crippen LogP contribution in [0.2, 0.25) is 0 Å². The first kappa shape index (κ1) is 27.5. The normalized spacial score (nSPS) is 18.5. The largest absolute Gasteiger partial charge is 0.280 e. The van der Waals surface area contributed by atoms with Gasteiger partial charge < -0.3 is 0 Å². The molecular formula is C28H24N12O2.